The Bertz CT molecular complexity index is 454. The van der Waals surface area contributed by atoms with Crippen LogP contribution in [-0.4, -0.2) is 22.8 Å². The van der Waals surface area contributed by atoms with Crippen molar-refractivity contribution in [2.24, 2.45) is 0 Å². The summed E-state index contributed by atoms with van der Waals surface area (Å²) in [7, 11) is 0. The lowest BCUT2D eigenvalue weighted by molar-refractivity contribution is -0.123. The third kappa shape index (κ3) is 2.08. The molecule has 82 valence electrons. The molecule has 0 aromatic carbocycles. The first-order valence-electron chi connectivity index (χ1n) is 4.91. The number of amides is 2. The zero-order valence-electron chi connectivity index (χ0n) is 8.73. The summed E-state index contributed by atoms with van der Waals surface area (Å²) in [6.07, 6.45) is 2.96. The molecule has 1 aromatic heterocycles. The Kier molecular flexibility index (Phi) is 2.68. The second kappa shape index (κ2) is 4.14. The second-order valence-corrected chi connectivity index (χ2v) is 3.50. The molecule has 0 fully saturated rings. The van der Waals surface area contributed by atoms with Crippen molar-refractivity contribution in [3.8, 4) is 0 Å². The largest absolute Gasteiger partial charge is 0.363 e. The molecule has 1 unspecified atom stereocenters. The lowest BCUT2D eigenvalue weighted by Gasteiger charge is -2.13. The number of anilines is 1. The predicted octanol–water partition coefficient (Wildman–Crippen LogP) is 0.465. The van der Waals surface area contributed by atoms with Gasteiger partial charge in [-0.25, -0.2) is 4.98 Å². The Morgan fingerprint density at radius 3 is 2.75 bits per heavy atom. The van der Waals surface area contributed by atoms with Crippen molar-refractivity contribution in [2.75, 3.05) is 5.32 Å². The van der Waals surface area contributed by atoms with Crippen molar-refractivity contribution in [1.29, 1.82) is 0 Å². The maximum absolute atomic E-state index is 11.4. The van der Waals surface area contributed by atoms with Gasteiger partial charge < -0.3 is 5.32 Å². The summed E-state index contributed by atoms with van der Waals surface area (Å²) in [5.74, 6) is -0.0429. The average Bonchev–Trinajstić information content (AvgIpc) is 2.59. The van der Waals surface area contributed by atoms with E-state index in [1.54, 1.807) is 25.3 Å². The third-order valence-corrected chi connectivity index (χ3v) is 2.28. The minimum Gasteiger partial charge on any atom is -0.363 e. The van der Waals surface area contributed by atoms with E-state index in [4.69, 9.17) is 0 Å². The van der Waals surface area contributed by atoms with E-state index < -0.39 is 0 Å². The summed E-state index contributed by atoms with van der Waals surface area (Å²) < 4.78 is 0. The monoisotopic (exact) mass is 217 g/mol. The number of rotatable bonds is 3. The van der Waals surface area contributed by atoms with Gasteiger partial charge in [0.05, 0.1) is 6.04 Å². The van der Waals surface area contributed by atoms with E-state index >= 15 is 0 Å². The lowest BCUT2D eigenvalue weighted by Crippen LogP contribution is -2.28. The van der Waals surface area contributed by atoms with Crippen molar-refractivity contribution < 1.29 is 9.59 Å². The van der Waals surface area contributed by atoms with Crippen LogP contribution in [0.3, 0.4) is 0 Å². The van der Waals surface area contributed by atoms with Crippen LogP contribution in [-0.2, 0) is 9.59 Å². The summed E-state index contributed by atoms with van der Waals surface area (Å²) in [5.41, 5.74) is 0.427. The Balaban J connectivity index is 2.09. The normalized spacial score (nSPS) is 16.7. The summed E-state index contributed by atoms with van der Waals surface area (Å²) in [6, 6.07) is 5.20. The number of pyridine rings is 1. The number of nitrogens with one attached hydrogen (secondary N) is 2. The maximum Gasteiger partial charge on any atom is 0.256 e. The van der Waals surface area contributed by atoms with Gasteiger partial charge in [0.2, 0.25) is 0 Å². The Labute approximate surface area is 92.6 Å². The van der Waals surface area contributed by atoms with E-state index in [1.807, 2.05) is 6.07 Å². The quantitative estimate of drug-likeness (QED) is 0.722. The van der Waals surface area contributed by atoms with Crippen LogP contribution in [0.2, 0.25) is 0 Å². The molecule has 0 radical (unpaired) electrons. The van der Waals surface area contributed by atoms with Crippen molar-refractivity contribution in [2.45, 2.75) is 13.0 Å². The molecule has 0 spiro atoms. The predicted molar refractivity (Wildman–Crippen MR) is 58.6 cm³/mol. The fourth-order valence-corrected chi connectivity index (χ4v) is 1.50. The molecule has 2 heterocycles. The van der Waals surface area contributed by atoms with Gasteiger partial charge in [-0.1, -0.05) is 6.07 Å². The van der Waals surface area contributed by atoms with Crippen LogP contribution < -0.4 is 10.6 Å². The molecule has 1 aliphatic rings. The van der Waals surface area contributed by atoms with Gasteiger partial charge in [-0.3, -0.25) is 14.9 Å². The molecule has 1 aliphatic heterocycles. The number of hydrogen-bond acceptors (Lipinski definition) is 4. The highest BCUT2D eigenvalue weighted by Crippen LogP contribution is 2.12. The highest BCUT2D eigenvalue weighted by molar-refractivity contribution is 6.17. The number of aromatic nitrogens is 1. The molecule has 2 amide bonds. The number of hydrogen-bond donors (Lipinski definition) is 2. The van der Waals surface area contributed by atoms with Crippen LogP contribution >= 0.6 is 0 Å². The standard InChI is InChI=1S/C11H11N3O2/c1-7(8-6-10(15)14-11(8)16)13-9-4-2-3-5-12-9/h2-7H,1H3,(H,12,13)(H,14,15,16). The minimum absolute atomic E-state index is 0.249. The molecule has 2 N–H and O–H groups in total. The van der Waals surface area contributed by atoms with Gasteiger partial charge >= 0.3 is 0 Å². The Hall–Kier alpha value is -2.17. The molecule has 0 saturated heterocycles. The van der Waals surface area contributed by atoms with Gasteiger partial charge in [0.1, 0.15) is 5.82 Å². The molecule has 16 heavy (non-hydrogen) atoms. The lowest BCUT2D eigenvalue weighted by atomic mass is 10.1. The molecule has 0 bridgehead atoms. The second-order valence-electron chi connectivity index (χ2n) is 3.50. The molecular formula is C11H11N3O2. The molecule has 5 nitrogen and oxygen atoms in total. The topological polar surface area (TPSA) is 71.1 Å². The van der Waals surface area contributed by atoms with Crippen molar-refractivity contribution >= 4 is 17.6 Å². The maximum atomic E-state index is 11.4. The van der Waals surface area contributed by atoms with Crippen molar-refractivity contribution in [3.05, 3.63) is 36.0 Å². The van der Waals surface area contributed by atoms with E-state index in [0.29, 0.717) is 11.4 Å². The van der Waals surface area contributed by atoms with Crippen LogP contribution in [0, 0.1) is 0 Å². The van der Waals surface area contributed by atoms with Crippen LogP contribution in [0.5, 0.6) is 0 Å². The van der Waals surface area contributed by atoms with Crippen LogP contribution in [0.25, 0.3) is 0 Å². The van der Waals surface area contributed by atoms with E-state index in [-0.39, 0.29) is 17.9 Å². The highest BCUT2D eigenvalue weighted by Gasteiger charge is 2.25. The SMILES string of the molecule is CC(Nc1ccccn1)C1=CC(=O)NC1=O. The van der Waals surface area contributed by atoms with Gasteiger partial charge in [0.25, 0.3) is 11.8 Å². The Morgan fingerprint density at radius 1 is 1.38 bits per heavy atom. The van der Waals surface area contributed by atoms with Crippen LogP contribution in [0.15, 0.2) is 36.0 Å². The molecular weight excluding hydrogens is 206 g/mol. The summed E-state index contributed by atoms with van der Waals surface area (Å²) in [5, 5.41) is 5.24. The van der Waals surface area contributed by atoms with E-state index in [0.717, 1.165) is 0 Å². The minimum atomic E-state index is -0.366. The van der Waals surface area contributed by atoms with Crippen LogP contribution in [0.4, 0.5) is 5.82 Å². The van der Waals surface area contributed by atoms with Gasteiger partial charge in [-0.05, 0) is 19.1 Å². The number of nitrogens with zero attached hydrogens (tertiary/aromatic N) is 1. The summed E-state index contributed by atoms with van der Waals surface area (Å²) >= 11 is 0. The van der Waals surface area contributed by atoms with E-state index in [2.05, 4.69) is 15.6 Å². The van der Waals surface area contributed by atoms with Gasteiger partial charge in [0.15, 0.2) is 0 Å². The van der Waals surface area contributed by atoms with E-state index in [9.17, 15) is 9.59 Å². The van der Waals surface area contributed by atoms with E-state index in [1.165, 1.54) is 6.08 Å². The number of carbonyl (C=O) groups excluding carboxylic acids is 2. The summed E-state index contributed by atoms with van der Waals surface area (Å²) in [6.45, 7) is 1.80. The highest BCUT2D eigenvalue weighted by atomic mass is 16.2. The fraction of sp³-hybridized carbons (Fsp3) is 0.182. The molecule has 0 saturated carbocycles. The average molecular weight is 217 g/mol. The molecule has 0 aliphatic carbocycles. The zero-order chi connectivity index (χ0) is 11.5. The van der Waals surface area contributed by atoms with Crippen LogP contribution in [0.1, 0.15) is 6.92 Å². The number of carbonyl (C=O) groups is 2. The van der Waals surface area contributed by atoms with Gasteiger partial charge in [-0.2, -0.15) is 0 Å². The first-order valence-corrected chi connectivity index (χ1v) is 4.91. The summed E-state index contributed by atoms with van der Waals surface area (Å²) in [4.78, 5) is 26.4. The first-order chi connectivity index (χ1) is 7.66. The first kappa shape index (κ1) is 10.4. The van der Waals surface area contributed by atoms with Gasteiger partial charge in [-0.15, -0.1) is 0 Å². The third-order valence-electron chi connectivity index (χ3n) is 2.28. The number of imide groups is 1. The molecule has 1 atom stereocenters. The Morgan fingerprint density at radius 2 is 2.19 bits per heavy atom. The van der Waals surface area contributed by atoms with Crippen molar-refractivity contribution in [1.82, 2.24) is 10.3 Å². The zero-order valence-corrected chi connectivity index (χ0v) is 8.73. The van der Waals surface area contributed by atoms with Gasteiger partial charge in [0, 0.05) is 17.8 Å². The van der Waals surface area contributed by atoms with Crippen molar-refractivity contribution in [3.63, 3.8) is 0 Å². The fourth-order valence-electron chi connectivity index (χ4n) is 1.50. The molecule has 5 heteroatoms. The molecule has 1 aromatic rings. The smallest absolute Gasteiger partial charge is 0.256 e. The molecule has 2 rings (SSSR count).